The Morgan fingerprint density at radius 2 is 1.07 bits per heavy atom. The molecule has 17 rings (SSSR count). The van der Waals surface area contributed by atoms with Gasteiger partial charge < -0.3 is 18.4 Å². The summed E-state index contributed by atoms with van der Waals surface area (Å²) >= 11 is 0. The Morgan fingerprint density at radius 1 is 0.417 bits per heavy atom. The van der Waals surface area contributed by atoms with Gasteiger partial charge in [-0.1, -0.05) is 288 Å². The first-order valence-electron chi connectivity index (χ1n) is 36.8. The fourth-order valence-electron chi connectivity index (χ4n) is 15.9. The first kappa shape index (κ1) is 67.4. The van der Waals surface area contributed by atoms with E-state index in [4.69, 9.17) is 26.4 Å². The van der Waals surface area contributed by atoms with Crippen molar-refractivity contribution < 1.29 is 18.4 Å². The molecule has 0 saturated carbocycles. The van der Waals surface area contributed by atoms with Crippen LogP contribution in [-0.4, -0.2) is 5.11 Å². The van der Waals surface area contributed by atoms with Crippen molar-refractivity contribution in [3.63, 3.8) is 0 Å². The summed E-state index contributed by atoms with van der Waals surface area (Å²) in [5, 5.41) is 26.1. The number of furan rings is 2. The minimum Gasteiger partial charge on any atom is -0.507 e. The Balaban J connectivity index is 0.773. The highest BCUT2D eigenvalue weighted by molar-refractivity contribution is 6.11. The van der Waals surface area contributed by atoms with Gasteiger partial charge in [0.05, 0.1) is 6.26 Å². The van der Waals surface area contributed by atoms with Crippen LogP contribution in [0.3, 0.4) is 0 Å². The van der Waals surface area contributed by atoms with E-state index in [9.17, 15) is 5.11 Å². The predicted molar refractivity (Wildman–Crippen MR) is 460 cm³/mol. The van der Waals surface area contributed by atoms with Crippen molar-refractivity contribution in [3.8, 4) is 61.4 Å². The third-order valence-electron chi connectivity index (χ3n) is 21.2. The average Bonchev–Trinajstić information content (AvgIpc) is 0.924. The van der Waals surface area contributed by atoms with Crippen molar-refractivity contribution in [2.45, 2.75) is 26.2 Å². The first-order valence-corrected chi connectivity index (χ1v) is 36.8. The first-order chi connectivity index (χ1) is 53.1. The predicted octanol–water partition coefficient (Wildman–Crippen LogP) is 25.6. The monoisotopic (exact) mass is 1390 g/mol. The quantitative estimate of drug-likeness (QED) is 0.104. The summed E-state index contributed by atoms with van der Waals surface area (Å²) in [4.78, 5) is 0. The molecule has 0 unspecified atom stereocenters. The summed E-state index contributed by atoms with van der Waals surface area (Å²) < 4.78 is 19.8. The number of aromatic hydroxyl groups is 1. The number of allylic oxidation sites excluding steroid dienone is 2. The van der Waals surface area contributed by atoms with Crippen LogP contribution in [0.5, 0.6) is 5.75 Å². The second-order valence-corrected chi connectivity index (χ2v) is 27.6. The van der Waals surface area contributed by atoms with Crippen LogP contribution >= 0.6 is 0 Å². The zero-order chi connectivity index (χ0) is 73.4. The van der Waals surface area contributed by atoms with E-state index in [1.54, 1.807) is 6.08 Å². The van der Waals surface area contributed by atoms with Crippen LogP contribution < -0.4 is 21.1 Å². The Hall–Kier alpha value is -13.8. The fraction of sp³-hybridized carbons (Fsp3) is 0.0385. The molecular weight excluding hydrogens is 1310 g/mol. The normalized spacial score (nSPS) is 12.3. The highest BCUT2D eigenvalue weighted by atomic mass is 16.3. The van der Waals surface area contributed by atoms with Gasteiger partial charge in [-0.05, 0) is 253 Å². The van der Waals surface area contributed by atoms with E-state index in [1.165, 1.54) is 21.4 Å². The van der Waals surface area contributed by atoms with Crippen LogP contribution in [0.1, 0.15) is 64.5 Å². The van der Waals surface area contributed by atoms with E-state index in [2.05, 4.69) is 268 Å². The van der Waals surface area contributed by atoms with Crippen LogP contribution in [0, 0.1) is 0 Å². The van der Waals surface area contributed by atoms with Gasteiger partial charge in [0, 0.05) is 32.5 Å². The molecule has 3 aromatic heterocycles. The second kappa shape index (κ2) is 29.0. The highest BCUT2D eigenvalue weighted by Crippen LogP contribution is 2.41. The lowest BCUT2D eigenvalue weighted by Crippen LogP contribution is -2.33. The van der Waals surface area contributed by atoms with E-state index in [1.807, 2.05) is 92.1 Å². The summed E-state index contributed by atoms with van der Waals surface area (Å²) in [6, 6.07) is 98.5. The summed E-state index contributed by atoms with van der Waals surface area (Å²) in [6.45, 7) is 24.3. The second-order valence-electron chi connectivity index (χ2n) is 27.6. The van der Waals surface area contributed by atoms with Crippen LogP contribution in [0.2, 0.25) is 0 Å². The molecular formula is C104H76O4. The maximum absolute atomic E-state index is 11.2. The molecule has 1 N–H and O–H groups in total. The van der Waals surface area contributed by atoms with Gasteiger partial charge in [-0.2, -0.15) is 0 Å². The lowest BCUT2D eigenvalue weighted by molar-refractivity contribution is 0.478. The van der Waals surface area contributed by atoms with Crippen molar-refractivity contribution >= 4 is 130 Å². The molecule has 16 aromatic rings. The van der Waals surface area contributed by atoms with Gasteiger partial charge in [0.1, 0.15) is 33.7 Å². The molecule has 1 aliphatic rings. The summed E-state index contributed by atoms with van der Waals surface area (Å²) in [5.74, 6) is 0.981. The van der Waals surface area contributed by atoms with Crippen molar-refractivity contribution in [2.24, 2.45) is 0 Å². The molecule has 3 heterocycles. The number of hydrogen-bond donors (Lipinski definition) is 1. The van der Waals surface area contributed by atoms with Gasteiger partial charge in [0.15, 0.2) is 0 Å². The molecule has 4 heteroatoms. The third-order valence-corrected chi connectivity index (χ3v) is 21.2. The Morgan fingerprint density at radius 3 is 1.91 bits per heavy atom. The topological polar surface area (TPSA) is 59.7 Å². The van der Waals surface area contributed by atoms with E-state index >= 15 is 0 Å². The summed E-state index contributed by atoms with van der Waals surface area (Å²) in [7, 11) is 0. The molecule has 0 radical (unpaired) electrons. The zero-order valence-electron chi connectivity index (χ0n) is 60.2. The lowest BCUT2D eigenvalue weighted by atomic mass is 9.83. The maximum atomic E-state index is 11.2. The molecule has 108 heavy (non-hydrogen) atoms. The molecule has 0 saturated heterocycles. The summed E-state index contributed by atoms with van der Waals surface area (Å²) in [5.41, 5.74) is 22.3. The van der Waals surface area contributed by atoms with Crippen molar-refractivity contribution in [1.29, 1.82) is 0 Å². The zero-order valence-corrected chi connectivity index (χ0v) is 60.2. The number of benzene rings is 12. The van der Waals surface area contributed by atoms with Crippen LogP contribution in [0.15, 0.2) is 344 Å². The minimum absolute atomic E-state index is 0.235. The number of rotatable bonds is 15. The molecule has 4 nitrogen and oxygen atoms in total. The lowest BCUT2D eigenvalue weighted by Gasteiger charge is -2.20. The number of hydrogen-bond acceptors (Lipinski definition) is 4. The van der Waals surface area contributed by atoms with Gasteiger partial charge in [-0.3, -0.25) is 0 Å². The number of fused-ring (bicyclic) bond motifs is 9. The molecule has 0 aliphatic heterocycles. The van der Waals surface area contributed by atoms with E-state index in [0.717, 1.165) is 194 Å². The van der Waals surface area contributed by atoms with Gasteiger partial charge in [-0.15, -0.1) is 0 Å². The van der Waals surface area contributed by atoms with Crippen LogP contribution in [0.4, 0.5) is 0 Å². The Labute approximate surface area is 627 Å². The largest absolute Gasteiger partial charge is 0.507 e. The van der Waals surface area contributed by atoms with Crippen LogP contribution in [-0.2, 0) is 6.42 Å². The van der Waals surface area contributed by atoms with Crippen molar-refractivity contribution in [3.05, 3.63) is 396 Å². The molecule has 0 atom stereocenters. The van der Waals surface area contributed by atoms with Gasteiger partial charge in [0.2, 0.25) is 0 Å². The average molecular weight is 1390 g/mol. The third kappa shape index (κ3) is 12.7. The molecule has 0 fully saturated rings. The molecule has 1 aliphatic carbocycles. The smallest absolute Gasteiger partial charge is 0.136 e. The Bertz CT molecular complexity index is 6900. The van der Waals surface area contributed by atoms with Gasteiger partial charge in [-0.25, -0.2) is 0 Å². The van der Waals surface area contributed by atoms with E-state index in [-0.39, 0.29) is 5.75 Å². The minimum atomic E-state index is 0.235. The van der Waals surface area contributed by atoms with Gasteiger partial charge >= 0.3 is 0 Å². The summed E-state index contributed by atoms with van der Waals surface area (Å²) in [6.07, 6.45) is 23.0. The number of phenolic OH excluding ortho intramolecular Hbond substituents is 1. The maximum Gasteiger partial charge on any atom is 0.136 e. The van der Waals surface area contributed by atoms with E-state index < -0.39 is 0 Å². The molecule has 13 aromatic carbocycles. The van der Waals surface area contributed by atoms with Crippen LogP contribution in [0.25, 0.3) is 185 Å². The number of phenols is 1. The van der Waals surface area contributed by atoms with Crippen molar-refractivity contribution in [1.82, 2.24) is 0 Å². The Kier molecular flexibility index (Phi) is 18.1. The molecule has 516 valence electrons. The molecule has 0 bridgehead atoms. The van der Waals surface area contributed by atoms with Crippen molar-refractivity contribution in [2.75, 3.05) is 0 Å². The molecule has 0 spiro atoms. The fourth-order valence-corrected chi connectivity index (χ4v) is 15.9. The van der Waals surface area contributed by atoms with Gasteiger partial charge in [0.25, 0.3) is 0 Å². The SMILES string of the molecule is C=C/C=C\c1cc2c(ccc3cc4ccc(-c5cccc(-c6c7c(c(C(=C)c8ccccc8C=C)c8ccccc68)=CCCC=7)c5)cc(-c5ccc(C(=C)c6ccccccc(-c7cccc(C/C=c8\c(=C/C)oc9cc%10cc(O)c(-c%11ccccc%11)cc%10cc89)c7)c7ccccc67)c(C=C)c5)coc4cc32)o1. The highest BCUT2D eigenvalue weighted by Gasteiger charge is 2.21. The standard InChI is InChI=1S/C104H76O4/c1-7-11-36-82-63-97-94-64-101-77(58-76(94)50-53-100(97)107-82)48-47-73(72-33-28-35-78(56-72)104-92-44-25-23-42-90(92)103(91-43-24-26-45-93(91)104)67(6)83-37-20-19-30-69(83)8-2)57-81(65-106-101)74-49-52-84(70(9-3)55-74)66(5)85-38-17-12-13-18-39-86(88-41-22-21-40-87(85)88)75-34-27-29-68(54-75)46-51-89-96-60-79-59-95(71-31-15-14-16-32-71)98(105)61-80(79)62-102(96)108-99(89)10-4/h7-23,25,27-45,47-65,105H,1-3,5-6,24,26,46H2,4H3/b13-12?,17-12?,18-13?,36-11-,38-17?,39-18?,48-47?,73-57?,81-65?,85-38?,86-39?,87-85?,88-86?,89-51-,99-10+. The molecule has 0 amide bonds. The van der Waals surface area contributed by atoms with E-state index in [0.29, 0.717) is 12.0 Å².